The van der Waals surface area contributed by atoms with Gasteiger partial charge in [0, 0.05) is 37.3 Å². The number of rotatable bonds is 11. The predicted octanol–water partition coefficient (Wildman–Crippen LogP) is 2.76. The maximum absolute atomic E-state index is 13.3. The number of ether oxygens (including phenoxy) is 2. The molecular formula is C29H37N3O7S2. The van der Waals surface area contributed by atoms with Gasteiger partial charge < -0.3 is 19.9 Å². The Bertz CT molecular complexity index is 1570. The van der Waals surface area contributed by atoms with Crippen molar-refractivity contribution < 1.29 is 31.4 Å². The lowest BCUT2D eigenvalue weighted by atomic mass is 9.88. The minimum absolute atomic E-state index is 0.0145. The number of sulfone groups is 1. The molecule has 2 aromatic carbocycles. The average Bonchev–Trinajstić information content (AvgIpc) is 3.37. The largest absolute Gasteiger partial charge is 0.491 e. The molecule has 222 valence electrons. The first-order valence-corrected chi connectivity index (χ1v) is 17.1. The van der Waals surface area contributed by atoms with Crippen LogP contribution in [0.3, 0.4) is 0 Å². The van der Waals surface area contributed by atoms with Gasteiger partial charge in [-0.05, 0) is 68.1 Å². The van der Waals surface area contributed by atoms with E-state index in [9.17, 15) is 21.9 Å². The normalized spacial score (nSPS) is 20.4. The third-order valence-corrected chi connectivity index (χ3v) is 11.6. The zero-order valence-corrected chi connectivity index (χ0v) is 24.7. The molecule has 3 aromatic rings. The van der Waals surface area contributed by atoms with Gasteiger partial charge in [-0.2, -0.15) is 4.31 Å². The summed E-state index contributed by atoms with van der Waals surface area (Å²) in [5.74, 6) is 0.468. The third kappa shape index (κ3) is 6.90. The molecule has 2 aliphatic heterocycles. The number of benzene rings is 2. The number of nitrogens with one attached hydrogen (secondary N) is 1. The van der Waals surface area contributed by atoms with Gasteiger partial charge in [0.2, 0.25) is 10.0 Å². The standard InChI is InChI=1S/C29H37N3O7S2/c1-2-15-40(34,35)26-7-3-6-25(17-26)38-21-24(33)19-31-23-18-29(39-20-23)10-13-32(14-11-29)41(36,37)27-8-9-28-22(16-27)5-4-12-30-28/h3-9,12,16-17,23-24,31,33H,2,10-11,13-15,18-21H2,1H3/t23-,24+/m1/s1. The molecule has 0 unspecified atom stereocenters. The SMILES string of the molecule is CCCS(=O)(=O)c1cccc(OC[C@@H](O)CN[C@H]2COC3(CCN(S(=O)(=O)c4ccc5ncccc5c4)CC3)C2)c1. The van der Waals surface area contributed by atoms with Gasteiger partial charge in [-0.25, -0.2) is 16.8 Å². The van der Waals surface area contributed by atoms with Gasteiger partial charge in [0.05, 0.1) is 33.3 Å². The maximum atomic E-state index is 13.3. The van der Waals surface area contributed by atoms with E-state index >= 15 is 0 Å². The van der Waals surface area contributed by atoms with E-state index in [-0.39, 0.29) is 40.3 Å². The minimum atomic E-state index is -3.62. The van der Waals surface area contributed by atoms with E-state index in [0.29, 0.717) is 44.7 Å². The summed E-state index contributed by atoms with van der Waals surface area (Å²) in [5.41, 5.74) is 0.369. The second-order valence-electron chi connectivity index (χ2n) is 10.8. The highest BCUT2D eigenvalue weighted by Crippen LogP contribution is 2.37. The molecule has 2 N–H and O–H groups in total. The van der Waals surface area contributed by atoms with Gasteiger partial charge in [0.15, 0.2) is 9.84 Å². The number of aliphatic hydroxyl groups is 1. The van der Waals surface area contributed by atoms with Crippen molar-refractivity contribution >= 4 is 30.8 Å². The number of hydrogen-bond donors (Lipinski definition) is 2. The highest BCUT2D eigenvalue weighted by atomic mass is 32.2. The Morgan fingerprint density at radius 2 is 1.90 bits per heavy atom. The van der Waals surface area contributed by atoms with Crippen molar-refractivity contribution in [2.45, 2.75) is 60.1 Å². The van der Waals surface area contributed by atoms with E-state index in [1.165, 1.54) is 10.4 Å². The Morgan fingerprint density at radius 3 is 2.68 bits per heavy atom. The molecule has 3 heterocycles. The van der Waals surface area contributed by atoms with E-state index in [4.69, 9.17) is 9.47 Å². The lowest BCUT2D eigenvalue weighted by Gasteiger charge is -2.38. The Kier molecular flexibility index (Phi) is 8.98. The number of sulfonamides is 1. The van der Waals surface area contributed by atoms with Crippen LogP contribution >= 0.6 is 0 Å². The van der Waals surface area contributed by atoms with Crippen molar-refractivity contribution in [3.05, 3.63) is 60.8 Å². The maximum Gasteiger partial charge on any atom is 0.243 e. The van der Waals surface area contributed by atoms with Crippen molar-refractivity contribution in [2.24, 2.45) is 0 Å². The molecule has 41 heavy (non-hydrogen) atoms. The Morgan fingerprint density at radius 1 is 1.10 bits per heavy atom. The zero-order chi connectivity index (χ0) is 29.1. The third-order valence-electron chi connectivity index (χ3n) is 7.78. The molecule has 10 nitrogen and oxygen atoms in total. The van der Waals surface area contributed by atoms with E-state index in [1.54, 1.807) is 48.7 Å². The van der Waals surface area contributed by atoms with Crippen molar-refractivity contribution in [3.8, 4) is 5.75 Å². The van der Waals surface area contributed by atoms with Crippen LogP contribution in [0.2, 0.25) is 0 Å². The first-order valence-electron chi connectivity index (χ1n) is 14.0. The number of fused-ring (bicyclic) bond motifs is 1. The van der Waals surface area contributed by atoms with Crippen molar-refractivity contribution in [3.63, 3.8) is 0 Å². The van der Waals surface area contributed by atoms with Gasteiger partial charge in [-0.3, -0.25) is 4.98 Å². The molecule has 1 spiro atoms. The van der Waals surface area contributed by atoms with E-state index in [0.717, 1.165) is 17.3 Å². The number of aromatic nitrogens is 1. The fourth-order valence-electron chi connectivity index (χ4n) is 5.52. The summed E-state index contributed by atoms with van der Waals surface area (Å²) < 4.78 is 64.6. The van der Waals surface area contributed by atoms with E-state index < -0.39 is 26.0 Å². The topological polar surface area (TPSA) is 135 Å². The van der Waals surface area contributed by atoms with E-state index in [1.807, 2.05) is 13.0 Å². The zero-order valence-electron chi connectivity index (χ0n) is 23.1. The smallest absolute Gasteiger partial charge is 0.243 e. The van der Waals surface area contributed by atoms with Crippen LogP contribution in [0.15, 0.2) is 70.6 Å². The lowest BCUT2D eigenvalue weighted by molar-refractivity contribution is -0.0312. The van der Waals surface area contributed by atoms with Gasteiger partial charge in [-0.1, -0.05) is 19.1 Å². The summed E-state index contributed by atoms with van der Waals surface area (Å²) in [6, 6.07) is 15.0. The number of piperidine rings is 1. The number of aliphatic hydroxyl groups excluding tert-OH is 1. The van der Waals surface area contributed by atoms with Crippen molar-refractivity contribution in [1.29, 1.82) is 0 Å². The van der Waals surface area contributed by atoms with Crippen molar-refractivity contribution in [2.75, 3.05) is 38.6 Å². The molecule has 0 aliphatic carbocycles. The molecule has 2 saturated heterocycles. The van der Waals surface area contributed by atoms with Crippen LogP contribution in [0.5, 0.6) is 5.75 Å². The Labute approximate surface area is 241 Å². The fourth-order valence-corrected chi connectivity index (χ4v) is 8.35. The number of nitrogens with zero attached hydrogens (tertiary/aromatic N) is 2. The minimum Gasteiger partial charge on any atom is -0.491 e. The number of pyridine rings is 1. The molecule has 1 aromatic heterocycles. The highest BCUT2D eigenvalue weighted by molar-refractivity contribution is 7.91. The highest BCUT2D eigenvalue weighted by Gasteiger charge is 2.44. The lowest BCUT2D eigenvalue weighted by Crippen LogP contribution is -2.47. The van der Waals surface area contributed by atoms with E-state index in [2.05, 4.69) is 10.3 Å². The van der Waals surface area contributed by atoms with Crippen LogP contribution < -0.4 is 10.1 Å². The first-order chi connectivity index (χ1) is 19.6. The van der Waals surface area contributed by atoms with Gasteiger partial charge in [-0.15, -0.1) is 0 Å². The van der Waals surface area contributed by atoms with Gasteiger partial charge in [0.1, 0.15) is 18.5 Å². The molecule has 2 fully saturated rings. The van der Waals surface area contributed by atoms with Gasteiger partial charge >= 0.3 is 0 Å². The molecule has 0 saturated carbocycles. The van der Waals surface area contributed by atoms with Gasteiger partial charge in [0.25, 0.3) is 0 Å². The average molecular weight is 604 g/mol. The van der Waals surface area contributed by atoms with Crippen LogP contribution in [0, 0.1) is 0 Å². The molecule has 0 radical (unpaired) electrons. The van der Waals surface area contributed by atoms with Crippen LogP contribution in [-0.2, 0) is 24.6 Å². The summed E-state index contributed by atoms with van der Waals surface area (Å²) in [4.78, 5) is 4.75. The van der Waals surface area contributed by atoms with Crippen molar-refractivity contribution in [1.82, 2.24) is 14.6 Å². The molecule has 12 heteroatoms. The summed E-state index contributed by atoms with van der Waals surface area (Å²) in [7, 11) is -6.97. The fraction of sp³-hybridized carbons (Fsp3) is 0.483. The second-order valence-corrected chi connectivity index (χ2v) is 14.9. The summed E-state index contributed by atoms with van der Waals surface area (Å²) in [5, 5.41) is 14.6. The first kappa shape index (κ1) is 29.9. The van der Waals surface area contributed by atoms with Crippen LogP contribution in [0.4, 0.5) is 0 Å². The molecule has 0 bridgehead atoms. The summed E-state index contributed by atoms with van der Waals surface area (Å²) in [6.07, 6.45) is 3.35. The predicted molar refractivity (Wildman–Crippen MR) is 155 cm³/mol. The van der Waals surface area contributed by atoms with Crippen LogP contribution in [0.1, 0.15) is 32.6 Å². The van der Waals surface area contributed by atoms with Crippen LogP contribution in [0.25, 0.3) is 10.9 Å². The molecule has 2 atom stereocenters. The second kappa shape index (κ2) is 12.3. The monoisotopic (exact) mass is 603 g/mol. The summed E-state index contributed by atoms with van der Waals surface area (Å²) >= 11 is 0. The quantitative estimate of drug-likeness (QED) is 0.339. The number of hydrogen-bond acceptors (Lipinski definition) is 9. The molecular weight excluding hydrogens is 566 g/mol. The molecule has 2 aliphatic rings. The molecule has 0 amide bonds. The Balaban J connectivity index is 1.09. The van der Waals surface area contributed by atoms with Crippen LogP contribution in [-0.4, -0.2) is 87.6 Å². The summed E-state index contributed by atoms with van der Waals surface area (Å²) in [6.45, 7) is 3.36. The Hall–Kier alpha value is -2.61. The molecule has 5 rings (SSSR count).